The Hall–Kier alpha value is -8.25. The van der Waals surface area contributed by atoms with Gasteiger partial charge in [-0.2, -0.15) is 9.10 Å². The highest BCUT2D eigenvalue weighted by Crippen LogP contribution is 2.44. The summed E-state index contributed by atoms with van der Waals surface area (Å²) in [6, 6.07) is 34.4. The Morgan fingerprint density at radius 1 is 0.688 bits per heavy atom. The number of carbonyl (C=O) groups excluding carboxylic acids is 2. The van der Waals surface area contributed by atoms with Gasteiger partial charge in [0.2, 0.25) is 25.9 Å². The van der Waals surface area contributed by atoms with Crippen molar-refractivity contribution in [3.63, 3.8) is 0 Å². The van der Waals surface area contributed by atoms with Crippen LogP contribution in [0.25, 0.3) is 22.5 Å². The smallest absolute Gasteiger partial charge is 0.410 e. The fourth-order valence-corrected chi connectivity index (χ4v) is 12.2. The van der Waals surface area contributed by atoms with Crippen LogP contribution in [0.5, 0.6) is 17.2 Å². The number of anilines is 2. The van der Waals surface area contributed by atoms with E-state index in [0.29, 0.717) is 33.9 Å². The normalized spacial score (nSPS) is 14.8. The second-order valence-electron chi connectivity index (χ2n) is 19.0. The first-order valence-electron chi connectivity index (χ1n) is 24.2. The Morgan fingerprint density at radius 3 is 1.83 bits per heavy atom. The molecule has 21 nitrogen and oxygen atoms in total. The molecule has 1 aliphatic heterocycles. The lowest BCUT2D eigenvalue weighted by Gasteiger charge is -2.27. The number of nitrogen functional groups attached to an aromatic ring is 2. The maximum atomic E-state index is 16.3. The number of nitrogens with one attached hydrogen (secondary N) is 2. The van der Waals surface area contributed by atoms with Crippen LogP contribution < -0.4 is 35.7 Å². The molecule has 2 atom stereocenters. The van der Waals surface area contributed by atoms with Crippen molar-refractivity contribution in [1.29, 1.82) is 0 Å². The molecule has 0 spiro atoms. The van der Waals surface area contributed by atoms with Gasteiger partial charge in [-0.3, -0.25) is 0 Å². The first kappa shape index (κ1) is 55.0. The number of methoxy groups -OCH3 is 3. The Labute approximate surface area is 447 Å². The highest BCUT2D eigenvalue weighted by atomic mass is 32.2. The number of hydrogen-bond acceptors (Lipinski definition) is 16. The van der Waals surface area contributed by atoms with Gasteiger partial charge in [-0.1, -0.05) is 84.9 Å². The lowest BCUT2D eigenvalue weighted by atomic mass is 9.97. The minimum atomic E-state index is -5.10. The standard InChI is InChI=1S/C54H60N10O11S2/c1-54(2,3)75-53(66)62-32-45(57-52(65)74-34-38-11-8-7-9-12-38)46(33-62)60-76(67,68)47-28-27-42(43-13-10-14-44(55)49(43)56)48(51-58-61-64(59-51)31-37-19-25-41(73-6)26-20-37)50(47)77(69,70)63(29-35-15-21-39(71-4)22-16-35)30-36-17-23-40(72-5)24-18-36/h7-28,45-46,60H,29-34,55-56H2,1-6H3,(H,57,65)/t45-,46-/m0/s1. The number of carbonyl (C=O) groups is 2. The second-order valence-corrected chi connectivity index (χ2v) is 22.6. The quantitative estimate of drug-likeness (QED) is 0.0604. The summed E-state index contributed by atoms with van der Waals surface area (Å²) in [5.41, 5.74) is 14.9. The van der Waals surface area contributed by atoms with Crippen molar-refractivity contribution in [2.24, 2.45) is 0 Å². The molecule has 2 amide bonds. The van der Waals surface area contributed by atoms with E-state index in [9.17, 15) is 9.59 Å². The summed E-state index contributed by atoms with van der Waals surface area (Å²) in [4.78, 5) is 28.1. The van der Waals surface area contributed by atoms with Gasteiger partial charge in [-0.15, -0.1) is 10.2 Å². The largest absolute Gasteiger partial charge is 0.497 e. The van der Waals surface area contributed by atoms with Crippen LogP contribution in [-0.4, -0.2) is 111 Å². The van der Waals surface area contributed by atoms with Gasteiger partial charge in [0.05, 0.1) is 56.9 Å². The van der Waals surface area contributed by atoms with Crippen LogP contribution in [0.4, 0.5) is 21.0 Å². The molecule has 0 aliphatic carbocycles. The minimum absolute atomic E-state index is 0.0611. The first-order valence-corrected chi connectivity index (χ1v) is 27.1. The number of amides is 2. The molecule has 1 aromatic heterocycles. The third kappa shape index (κ3) is 13.2. The van der Waals surface area contributed by atoms with Crippen LogP contribution in [0.1, 0.15) is 43.0 Å². The van der Waals surface area contributed by atoms with Gasteiger partial charge >= 0.3 is 12.2 Å². The molecule has 23 heteroatoms. The van der Waals surface area contributed by atoms with Gasteiger partial charge in [0.15, 0.2) is 0 Å². The summed E-state index contributed by atoms with van der Waals surface area (Å²) >= 11 is 0. The molecule has 0 bridgehead atoms. The number of para-hydroxylation sites is 1. The van der Waals surface area contributed by atoms with E-state index in [0.717, 1.165) is 15.9 Å². The average molecular weight is 1090 g/mol. The van der Waals surface area contributed by atoms with Crippen LogP contribution in [0, 0.1) is 0 Å². The van der Waals surface area contributed by atoms with Crippen LogP contribution in [0.15, 0.2) is 143 Å². The highest BCUT2D eigenvalue weighted by molar-refractivity contribution is 7.92. The van der Waals surface area contributed by atoms with Gasteiger partial charge < -0.3 is 45.4 Å². The summed E-state index contributed by atoms with van der Waals surface area (Å²) in [5, 5.41) is 16.2. The fourth-order valence-electron chi connectivity index (χ4n) is 8.55. The topological polar surface area (TPSA) is 275 Å². The second kappa shape index (κ2) is 23.3. The Bertz CT molecular complexity index is 3380. The summed E-state index contributed by atoms with van der Waals surface area (Å²) in [5.74, 6) is 1.37. The molecular formula is C54H60N10O11S2. The number of benzene rings is 6. The van der Waals surface area contributed by atoms with Gasteiger partial charge in [0.25, 0.3) is 0 Å². The maximum absolute atomic E-state index is 16.3. The molecule has 2 heterocycles. The molecule has 77 heavy (non-hydrogen) atoms. The highest BCUT2D eigenvalue weighted by Gasteiger charge is 2.43. The monoisotopic (exact) mass is 1090 g/mol. The summed E-state index contributed by atoms with van der Waals surface area (Å²) in [6.07, 6.45) is -1.69. The summed E-state index contributed by atoms with van der Waals surface area (Å²) < 4.78 is 95.0. The van der Waals surface area contributed by atoms with Gasteiger partial charge in [0.1, 0.15) is 39.2 Å². The van der Waals surface area contributed by atoms with Crippen molar-refractivity contribution in [3.05, 3.63) is 156 Å². The third-order valence-corrected chi connectivity index (χ3v) is 16.0. The Balaban J connectivity index is 1.32. The number of hydrogen-bond donors (Lipinski definition) is 4. The lowest BCUT2D eigenvalue weighted by Crippen LogP contribution is -2.51. The number of sulfonamides is 2. The predicted molar refractivity (Wildman–Crippen MR) is 287 cm³/mol. The van der Waals surface area contributed by atoms with Crippen LogP contribution in [0.3, 0.4) is 0 Å². The van der Waals surface area contributed by atoms with Crippen molar-refractivity contribution in [3.8, 4) is 39.8 Å². The third-order valence-electron chi connectivity index (χ3n) is 12.4. The number of tetrazole rings is 1. The first-order chi connectivity index (χ1) is 36.7. The van der Waals surface area contributed by atoms with Gasteiger partial charge in [-0.05, 0) is 102 Å². The van der Waals surface area contributed by atoms with E-state index in [-0.39, 0.29) is 73.2 Å². The maximum Gasteiger partial charge on any atom is 0.410 e. The van der Waals surface area contributed by atoms with Crippen molar-refractivity contribution >= 4 is 43.6 Å². The molecule has 1 saturated heterocycles. The number of alkyl carbamates (subject to hydrolysis) is 1. The summed E-state index contributed by atoms with van der Waals surface area (Å²) in [6.45, 7) is 3.90. The van der Waals surface area contributed by atoms with E-state index >= 15 is 16.8 Å². The van der Waals surface area contributed by atoms with Crippen LogP contribution in [-0.2, 0) is 55.8 Å². The lowest BCUT2D eigenvalue weighted by molar-refractivity contribution is 0.0287. The van der Waals surface area contributed by atoms with E-state index in [4.69, 9.17) is 40.3 Å². The van der Waals surface area contributed by atoms with Crippen LogP contribution >= 0.6 is 0 Å². The molecule has 0 saturated carbocycles. The molecular weight excluding hydrogens is 1030 g/mol. The molecule has 404 valence electrons. The van der Waals surface area contributed by atoms with E-state index in [1.807, 2.05) is 6.07 Å². The zero-order chi connectivity index (χ0) is 55.1. The number of rotatable bonds is 19. The van der Waals surface area contributed by atoms with E-state index in [2.05, 4.69) is 20.4 Å². The summed E-state index contributed by atoms with van der Waals surface area (Å²) in [7, 11) is -5.62. The van der Waals surface area contributed by atoms with Crippen molar-refractivity contribution in [2.75, 3.05) is 45.9 Å². The van der Waals surface area contributed by atoms with Gasteiger partial charge in [0, 0.05) is 31.7 Å². The molecule has 1 fully saturated rings. The van der Waals surface area contributed by atoms with E-state index in [1.165, 1.54) is 30.0 Å². The molecule has 7 aromatic rings. The predicted octanol–water partition coefficient (Wildman–Crippen LogP) is 6.83. The molecule has 8 rings (SSSR count). The van der Waals surface area contributed by atoms with Gasteiger partial charge in [-0.25, -0.2) is 31.1 Å². The average Bonchev–Trinajstić information content (AvgIpc) is 4.09. The van der Waals surface area contributed by atoms with Crippen molar-refractivity contribution < 1.29 is 50.1 Å². The number of aromatic nitrogens is 4. The Morgan fingerprint density at radius 2 is 1.26 bits per heavy atom. The van der Waals surface area contributed by atoms with E-state index in [1.54, 1.807) is 143 Å². The SMILES string of the molecule is COc1ccc(CN(Cc2ccc(OC)cc2)S(=O)(=O)c2c(S(=O)(=O)N[C@H]3CN(C(=O)OC(C)(C)C)C[C@@H]3NC(=O)OCc3ccccc3)ccc(-c3cccc(N)c3N)c2-c2nnn(Cc3ccc(OC)cc3)n2)cc1. The van der Waals surface area contributed by atoms with Crippen molar-refractivity contribution in [1.82, 2.24) is 39.5 Å². The fraction of sp³-hybridized carbons (Fsp3) is 0.278. The zero-order valence-electron chi connectivity index (χ0n) is 43.2. The molecule has 6 aromatic carbocycles. The number of nitrogens with two attached hydrogens (primary N) is 2. The number of nitrogens with zero attached hydrogens (tertiary/aromatic N) is 6. The molecule has 0 radical (unpaired) electrons. The minimum Gasteiger partial charge on any atom is -0.497 e. The molecule has 0 unspecified atom stereocenters. The Kier molecular flexibility index (Phi) is 16.7. The molecule has 6 N–H and O–H groups in total. The number of likely N-dealkylation sites (tertiary alicyclic amines) is 1. The molecule has 1 aliphatic rings. The van der Waals surface area contributed by atoms with E-state index < -0.39 is 59.7 Å². The van der Waals surface area contributed by atoms with Crippen molar-refractivity contribution in [2.45, 2.75) is 74.5 Å². The number of ether oxygens (including phenoxy) is 5. The zero-order valence-corrected chi connectivity index (χ0v) is 44.9. The van der Waals surface area contributed by atoms with Crippen LogP contribution in [0.2, 0.25) is 0 Å².